The minimum absolute atomic E-state index is 0.153. The highest BCUT2D eigenvalue weighted by atomic mass is 16.5. The van der Waals surface area contributed by atoms with Gasteiger partial charge in [-0.25, -0.2) is 0 Å². The van der Waals surface area contributed by atoms with Crippen molar-refractivity contribution in [1.29, 1.82) is 0 Å². The average Bonchev–Trinajstić information content (AvgIpc) is 2.85. The number of ketones is 1. The molecular weight excluding hydrogens is 248 g/mol. The molecule has 3 rings (SSSR count). The molecule has 0 aromatic heterocycles. The molecule has 2 nitrogen and oxygen atoms in total. The highest BCUT2D eigenvalue weighted by Gasteiger charge is 2.33. The van der Waals surface area contributed by atoms with Gasteiger partial charge in [-0.3, -0.25) is 4.79 Å². The summed E-state index contributed by atoms with van der Waals surface area (Å²) < 4.78 is 5.52. The highest BCUT2D eigenvalue weighted by Crippen LogP contribution is 2.38. The molecule has 1 atom stereocenters. The molecule has 0 fully saturated rings. The first kappa shape index (κ1) is 12.8. The van der Waals surface area contributed by atoms with Gasteiger partial charge >= 0.3 is 0 Å². The van der Waals surface area contributed by atoms with Crippen LogP contribution in [0.25, 0.3) is 11.1 Å². The fourth-order valence-corrected chi connectivity index (χ4v) is 2.75. The summed E-state index contributed by atoms with van der Waals surface area (Å²) in [7, 11) is 1.66. The van der Waals surface area contributed by atoms with E-state index in [4.69, 9.17) is 4.74 Å². The van der Waals surface area contributed by atoms with Crippen LogP contribution < -0.4 is 0 Å². The average molecular weight is 264 g/mol. The molecule has 0 radical (unpaired) electrons. The summed E-state index contributed by atoms with van der Waals surface area (Å²) >= 11 is 0. The van der Waals surface area contributed by atoms with Gasteiger partial charge in [-0.15, -0.1) is 0 Å². The van der Waals surface area contributed by atoms with Crippen molar-refractivity contribution in [2.75, 3.05) is 7.11 Å². The molecule has 0 spiro atoms. The molecule has 2 aromatic carbocycles. The Balaban J connectivity index is 2.20. The van der Waals surface area contributed by atoms with E-state index in [2.05, 4.69) is 0 Å². The van der Waals surface area contributed by atoms with Gasteiger partial charge in [0.05, 0.1) is 6.10 Å². The van der Waals surface area contributed by atoms with Crippen LogP contribution in [0.2, 0.25) is 0 Å². The highest BCUT2D eigenvalue weighted by molar-refractivity contribution is 6.32. The molecular formula is C18H16O2. The van der Waals surface area contributed by atoms with E-state index in [0.717, 1.165) is 22.3 Å². The van der Waals surface area contributed by atoms with Crippen LogP contribution in [0.15, 0.2) is 60.7 Å². The predicted octanol–water partition coefficient (Wildman–Crippen LogP) is 3.59. The summed E-state index contributed by atoms with van der Waals surface area (Å²) in [5.41, 5.74) is 3.83. The summed E-state index contributed by atoms with van der Waals surface area (Å²) in [5, 5.41) is 0. The smallest absolute Gasteiger partial charge is 0.166 e. The Labute approximate surface area is 118 Å². The van der Waals surface area contributed by atoms with E-state index in [1.807, 2.05) is 60.7 Å². The van der Waals surface area contributed by atoms with Gasteiger partial charge in [-0.1, -0.05) is 60.7 Å². The lowest BCUT2D eigenvalue weighted by Gasteiger charge is -2.14. The number of Topliss-reactive ketones (excluding diaryl/α,β-unsaturated/α-hetero) is 1. The van der Waals surface area contributed by atoms with E-state index in [1.54, 1.807) is 7.11 Å². The van der Waals surface area contributed by atoms with Gasteiger partial charge in [0.1, 0.15) is 0 Å². The molecule has 0 bridgehead atoms. The van der Waals surface area contributed by atoms with E-state index in [1.165, 1.54) is 0 Å². The van der Waals surface area contributed by atoms with Crippen LogP contribution in [0.1, 0.15) is 17.5 Å². The Morgan fingerprint density at radius 1 is 0.900 bits per heavy atom. The Morgan fingerprint density at radius 3 is 2.00 bits per heavy atom. The topological polar surface area (TPSA) is 26.3 Å². The third kappa shape index (κ3) is 2.19. The van der Waals surface area contributed by atoms with Gasteiger partial charge in [-0.05, 0) is 16.7 Å². The van der Waals surface area contributed by atoms with E-state index < -0.39 is 0 Å². The van der Waals surface area contributed by atoms with Crippen molar-refractivity contribution < 1.29 is 9.53 Å². The maximum absolute atomic E-state index is 12.4. The molecule has 20 heavy (non-hydrogen) atoms. The Kier molecular flexibility index (Phi) is 3.48. The molecule has 0 amide bonds. The number of methoxy groups -OCH3 is 1. The van der Waals surface area contributed by atoms with Crippen molar-refractivity contribution in [2.45, 2.75) is 12.5 Å². The standard InChI is InChI=1S/C18H16O2/c1-20-16-12-15(19)17(13-8-4-2-5-9-13)18(16)14-10-6-3-7-11-14/h2-11,16H,12H2,1H3. The van der Waals surface area contributed by atoms with Crippen LogP contribution >= 0.6 is 0 Å². The maximum Gasteiger partial charge on any atom is 0.166 e. The minimum Gasteiger partial charge on any atom is -0.376 e. The number of hydrogen-bond donors (Lipinski definition) is 0. The van der Waals surface area contributed by atoms with Gasteiger partial charge in [0, 0.05) is 19.1 Å². The molecule has 0 saturated carbocycles. The summed E-state index contributed by atoms with van der Waals surface area (Å²) in [4.78, 5) is 12.4. The predicted molar refractivity (Wildman–Crippen MR) is 80.1 cm³/mol. The lowest BCUT2D eigenvalue weighted by molar-refractivity contribution is -0.114. The molecule has 2 aromatic rings. The zero-order valence-electron chi connectivity index (χ0n) is 11.4. The molecule has 0 saturated heterocycles. The largest absolute Gasteiger partial charge is 0.376 e. The van der Waals surface area contributed by atoms with Gasteiger partial charge in [0.25, 0.3) is 0 Å². The second kappa shape index (κ2) is 5.43. The number of hydrogen-bond acceptors (Lipinski definition) is 2. The van der Waals surface area contributed by atoms with Crippen LogP contribution in [-0.4, -0.2) is 19.0 Å². The summed E-state index contributed by atoms with van der Waals surface area (Å²) in [6.07, 6.45) is 0.269. The van der Waals surface area contributed by atoms with Crippen molar-refractivity contribution in [3.63, 3.8) is 0 Å². The van der Waals surface area contributed by atoms with Crippen molar-refractivity contribution >= 4 is 16.9 Å². The van der Waals surface area contributed by atoms with Gasteiger partial charge in [0.15, 0.2) is 5.78 Å². The number of allylic oxidation sites excluding steroid dienone is 1. The zero-order chi connectivity index (χ0) is 13.9. The summed E-state index contributed by atoms with van der Waals surface area (Å²) in [6, 6.07) is 19.8. The Hall–Kier alpha value is -2.19. The fraction of sp³-hybridized carbons (Fsp3) is 0.167. The van der Waals surface area contributed by atoms with Gasteiger partial charge in [0.2, 0.25) is 0 Å². The number of carbonyl (C=O) groups excluding carboxylic acids is 1. The molecule has 0 heterocycles. The Bertz CT molecular complexity index is 642. The Morgan fingerprint density at radius 2 is 1.45 bits per heavy atom. The van der Waals surface area contributed by atoms with Crippen LogP contribution in [-0.2, 0) is 9.53 Å². The van der Waals surface area contributed by atoms with Gasteiger partial charge < -0.3 is 4.74 Å². The second-order valence-electron chi connectivity index (χ2n) is 4.87. The fourth-order valence-electron chi connectivity index (χ4n) is 2.75. The lowest BCUT2D eigenvalue weighted by atomic mass is 9.96. The molecule has 0 N–H and O–H groups in total. The minimum atomic E-state index is -0.153. The van der Waals surface area contributed by atoms with Crippen LogP contribution in [0, 0.1) is 0 Å². The van der Waals surface area contributed by atoms with Gasteiger partial charge in [-0.2, -0.15) is 0 Å². The maximum atomic E-state index is 12.4. The zero-order valence-corrected chi connectivity index (χ0v) is 11.4. The molecule has 1 aliphatic carbocycles. The third-order valence-electron chi connectivity index (χ3n) is 3.67. The second-order valence-corrected chi connectivity index (χ2v) is 4.87. The molecule has 1 unspecified atom stereocenters. The summed E-state index contributed by atoms with van der Waals surface area (Å²) in [6.45, 7) is 0. The van der Waals surface area contributed by atoms with E-state index in [0.29, 0.717) is 6.42 Å². The quantitative estimate of drug-likeness (QED) is 0.847. The lowest BCUT2D eigenvalue weighted by Crippen LogP contribution is -2.09. The molecule has 2 heteroatoms. The van der Waals surface area contributed by atoms with Crippen molar-refractivity contribution in [1.82, 2.24) is 0 Å². The first-order valence-electron chi connectivity index (χ1n) is 6.72. The monoisotopic (exact) mass is 264 g/mol. The van der Waals surface area contributed by atoms with Crippen LogP contribution in [0.5, 0.6) is 0 Å². The molecule has 100 valence electrons. The van der Waals surface area contributed by atoms with Crippen molar-refractivity contribution in [3.05, 3.63) is 71.8 Å². The number of ether oxygens (including phenoxy) is 1. The van der Waals surface area contributed by atoms with Crippen LogP contribution in [0.3, 0.4) is 0 Å². The number of carbonyl (C=O) groups is 1. The third-order valence-corrected chi connectivity index (χ3v) is 3.67. The molecule has 0 aliphatic heterocycles. The SMILES string of the molecule is COC1CC(=O)C(c2ccccc2)=C1c1ccccc1. The number of rotatable bonds is 3. The van der Waals surface area contributed by atoms with Crippen LogP contribution in [0.4, 0.5) is 0 Å². The number of benzene rings is 2. The first-order valence-corrected chi connectivity index (χ1v) is 6.72. The molecule has 1 aliphatic rings. The van der Waals surface area contributed by atoms with E-state index >= 15 is 0 Å². The van der Waals surface area contributed by atoms with E-state index in [9.17, 15) is 4.79 Å². The normalized spacial score (nSPS) is 18.6. The first-order chi connectivity index (χ1) is 9.81. The van der Waals surface area contributed by atoms with Crippen molar-refractivity contribution in [3.8, 4) is 0 Å². The summed E-state index contributed by atoms with van der Waals surface area (Å²) in [5.74, 6) is 0.155. The van der Waals surface area contributed by atoms with E-state index in [-0.39, 0.29) is 11.9 Å². The van der Waals surface area contributed by atoms with Crippen molar-refractivity contribution in [2.24, 2.45) is 0 Å².